The number of pyridine rings is 1. The molecule has 0 amide bonds. The molecule has 4 heteroatoms. The fraction of sp³-hybridized carbons (Fsp3) is 0.643. The molecule has 1 saturated heterocycles. The maximum Gasteiger partial charge on any atom is 0.133 e. The van der Waals surface area contributed by atoms with E-state index in [9.17, 15) is 0 Å². The molecule has 1 aliphatic heterocycles. The lowest BCUT2D eigenvalue weighted by atomic mass is 10.0. The molecule has 0 bridgehead atoms. The summed E-state index contributed by atoms with van der Waals surface area (Å²) >= 11 is 6.10. The van der Waals surface area contributed by atoms with Crippen LogP contribution in [0.1, 0.15) is 26.3 Å². The van der Waals surface area contributed by atoms with Crippen LogP contribution in [-0.2, 0) is 6.54 Å². The zero-order chi connectivity index (χ0) is 13.2. The summed E-state index contributed by atoms with van der Waals surface area (Å²) in [6, 6.07) is 4.01. The average Bonchev–Trinajstić information content (AvgIpc) is 2.32. The first kappa shape index (κ1) is 13.8. The Kier molecular flexibility index (Phi) is 4.25. The molecule has 100 valence electrons. The molecule has 18 heavy (non-hydrogen) atoms. The zero-order valence-electron chi connectivity index (χ0n) is 11.5. The Balaban J connectivity index is 1.90. The summed E-state index contributed by atoms with van der Waals surface area (Å²) in [6.45, 7) is 12.2. The molecule has 0 radical (unpaired) electrons. The van der Waals surface area contributed by atoms with Gasteiger partial charge < -0.3 is 0 Å². The predicted octanol–water partition coefficient (Wildman–Crippen LogP) is 2.65. The average molecular weight is 268 g/mol. The lowest BCUT2D eigenvalue weighted by molar-refractivity contribution is 0.0591. The molecule has 0 unspecified atom stereocenters. The second-order valence-electron chi connectivity index (χ2n) is 5.89. The molecule has 1 aromatic heterocycles. The topological polar surface area (TPSA) is 19.4 Å². The van der Waals surface area contributed by atoms with Gasteiger partial charge in [0.05, 0.1) is 0 Å². The minimum atomic E-state index is 0.276. The minimum absolute atomic E-state index is 0.276. The Morgan fingerprint density at radius 3 is 2.44 bits per heavy atom. The van der Waals surface area contributed by atoms with Crippen molar-refractivity contribution in [3.8, 4) is 0 Å². The molecule has 2 rings (SSSR count). The Morgan fingerprint density at radius 1 is 1.22 bits per heavy atom. The van der Waals surface area contributed by atoms with Crippen LogP contribution in [0.25, 0.3) is 0 Å². The molecule has 3 nitrogen and oxygen atoms in total. The van der Waals surface area contributed by atoms with Crippen molar-refractivity contribution in [1.29, 1.82) is 0 Å². The van der Waals surface area contributed by atoms with Gasteiger partial charge in [-0.3, -0.25) is 9.80 Å². The monoisotopic (exact) mass is 267 g/mol. The van der Waals surface area contributed by atoms with Crippen LogP contribution in [0, 0.1) is 0 Å². The van der Waals surface area contributed by atoms with E-state index in [-0.39, 0.29) is 5.54 Å². The normalized spacial score (nSPS) is 19.1. The number of rotatable bonds is 2. The van der Waals surface area contributed by atoms with E-state index in [0.717, 1.165) is 38.3 Å². The zero-order valence-corrected chi connectivity index (χ0v) is 12.2. The van der Waals surface area contributed by atoms with E-state index in [2.05, 4.69) is 41.6 Å². The summed E-state index contributed by atoms with van der Waals surface area (Å²) in [6.07, 6.45) is 1.74. The van der Waals surface area contributed by atoms with E-state index in [1.54, 1.807) is 6.20 Å². The van der Waals surface area contributed by atoms with Crippen LogP contribution in [0.5, 0.6) is 0 Å². The van der Waals surface area contributed by atoms with Crippen molar-refractivity contribution in [3.05, 3.63) is 29.0 Å². The molecule has 2 heterocycles. The van der Waals surface area contributed by atoms with Crippen molar-refractivity contribution in [2.45, 2.75) is 32.9 Å². The van der Waals surface area contributed by atoms with Gasteiger partial charge >= 0.3 is 0 Å². The highest BCUT2D eigenvalue weighted by Crippen LogP contribution is 2.19. The van der Waals surface area contributed by atoms with Gasteiger partial charge in [-0.2, -0.15) is 0 Å². The molecular formula is C14H22ClN3. The summed E-state index contributed by atoms with van der Waals surface area (Å²) in [4.78, 5) is 9.11. The van der Waals surface area contributed by atoms with E-state index >= 15 is 0 Å². The van der Waals surface area contributed by atoms with Crippen molar-refractivity contribution in [1.82, 2.24) is 14.8 Å². The summed E-state index contributed by atoms with van der Waals surface area (Å²) < 4.78 is 0. The Hall–Kier alpha value is -0.640. The highest BCUT2D eigenvalue weighted by atomic mass is 35.5. The van der Waals surface area contributed by atoms with Crippen LogP contribution in [0.3, 0.4) is 0 Å². The molecule has 0 atom stereocenters. The van der Waals surface area contributed by atoms with E-state index in [0.29, 0.717) is 5.15 Å². The third-order valence-corrected chi connectivity index (χ3v) is 3.89. The first-order chi connectivity index (χ1) is 8.47. The number of hydrogen-bond donors (Lipinski definition) is 0. The fourth-order valence-electron chi connectivity index (χ4n) is 2.35. The highest BCUT2D eigenvalue weighted by molar-refractivity contribution is 6.30. The maximum absolute atomic E-state index is 6.10. The standard InChI is InChI=1S/C14H22ClN3/c1-14(2,3)18-9-7-17(8-10-18)11-12-5-4-6-16-13(12)15/h4-6H,7-11H2,1-3H3. The third-order valence-electron chi connectivity index (χ3n) is 3.55. The highest BCUT2D eigenvalue weighted by Gasteiger charge is 2.25. The third kappa shape index (κ3) is 3.44. The van der Waals surface area contributed by atoms with Gasteiger partial charge in [0.15, 0.2) is 0 Å². The molecule has 1 aromatic rings. The number of halogens is 1. The number of hydrogen-bond acceptors (Lipinski definition) is 3. The number of aromatic nitrogens is 1. The van der Waals surface area contributed by atoms with E-state index < -0.39 is 0 Å². The first-order valence-electron chi connectivity index (χ1n) is 6.53. The molecule has 0 spiro atoms. The van der Waals surface area contributed by atoms with Crippen molar-refractivity contribution in [3.63, 3.8) is 0 Å². The van der Waals surface area contributed by atoms with Gasteiger partial charge in [0.1, 0.15) is 5.15 Å². The first-order valence-corrected chi connectivity index (χ1v) is 6.91. The Morgan fingerprint density at radius 2 is 1.89 bits per heavy atom. The molecule has 1 fully saturated rings. The molecule has 0 saturated carbocycles. The predicted molar refractivity (Wildman–Crippen MR) is 75.9 cm³/mol. The molecule has 0 N–H and O–H groups in total. The van der Waals surface area contributed by atoms with Crippen LogP contribution >= 0.6 is 11.6 Å². The van der Waals surface area contributed by atoms with Crippen molar-refractivity contribution >= 4 is 11.6 Å². The number of nitrogens with zero attached hydrogens (tertiary/aromatic N) is 3. The van der Waals surface area contributed by atoms with Crippen LogP contribution < -0.4 is 0 Å². The van der Waals surface area contributed by atoms with E-state index in [4.69, 9.17) is 11.6 Å². The maximum atomic E-state index is 6.10. The van der Waals surface area contributed by atoms with Gasteiger partial charge in [-0.05, 0) is 26.8 Å². The molecular weight excluding hydrogens is 246 g/mol. The van der Waals surface area contributed by atoms with Gasteiger partial charge in [0, 0.05) is 50.0 Å². The second-order valence-corrected chi connectivity index (χ2v) is 6.25. The Bertz CT molecular complexity index is 392. The van der Waals surface area contributed by atoms with Gasteiger partial charge in [0.2, 0.25) is 0 Å². The summed E-state index contributed by atoms with van der Waals surface area (Å²) in [5.41, 5.74) is 1.40. The smallest absolute Gasteiger partial charge is 0.133 e. The van der Waals surface area contributed by atoms with Crippen molar-refractivity contribution < 1.29 is 0 Å². The quantitative estimate of drug-likeness (QED) is 0.768. The van der Waals surface area contributed by atoms with Gasteiger partial charge in [-0.1, -0.05) is 17.7 Å². The van der Waals surface area contributed by atoms with Gasteiger partial charge in [0.25, 0.3) is 0 Å². The van der Waals surface area contributed by atoms with Crippen molar-refractivity contribution in [2.75, 3.05) is 26.2 Å². The largest absolute Gasteiger partial charge is 0.296 e. The van der Waals surface area contributed by atoms with E-state index in [1.165, 1.54) is 0 Å². The van der Waals surface area contributed by atoms with Gasteiger partial charge in [-0.25, -0.2) is 4.98 Å². The summed E-state index contributed by atoms with van der Waals surface area (Å²) in [7, 11) is 0. The minimum Gasteiger partial charge on any atom is -0.296 e. The second kappa shape index (κ2) is 5.55. The molecule has 0 aliphatic carbocycles. The SMILES string of the molecule is CC(C)(C)N1CCN(Cc2cccnc2Cl)CC1. The van der Waals surface area contributed by atoms with Crippen LogP contribution in [0.4, 0.5) is 0 Å². The Labute approximate surface area is 115 Å². The van der Waals surface area contributed by atoms with Crippen LogP contribution in [0.2, 0.25) is 5.15 Å². The molecule has 0 aromatic carbocycles. The van der Waals surface area contributed by atoms with Crippen LogP contribution in [-0.4, -0.2) is 46.5 Å². The van der Waals surface area contributed by atoms with Crippen LogP contribution in [0.15, 0.2) is 18.3 Å². The lowest BCUT2D eigenvalue weighted by Crippen LogP contribution is -2.53. The summed E-state index contributed by atoms with van der Waals surface area (Å²) in [5.74, 6) is 0. The number of piperazine rings is 1. The lowest BCUT2D eigenvalue weighted by Gasteiger charge is -2.42. The molecule has 1 aliphatic rings. The summed E-state index contributed by atoms with van der Waals surface area (Å²) in [5, 5.41) is 0.635. The van der Waals surface area contributed by atoms with E-state index in [1.807, 2.05) is 6.07 Å². The van der Waals surface area contributed by atoms with Crippen molar-refractivity contribution in [2.24, 2.45) is 0 Å². The van der Waals surface area contributed by atoms with Gasteiger partial charge in [-0.15, -0.1) is 0 Å². The fourth-order valence-corrected chi connectivity index (χ4v) is 2.53.